The summed E-state index contributed by atoms with van der Waals surface area (Å²) in [5, 5.41) is 4.31. The number of para-hydroxylation sites is 1. The highest BCUT2D eigenvalue weighted by atomic mass is 32.1. The first-order valence-electron chi connectivity index (χ1n) is 7.97. The van der Waals surface area contributed by atoms with Crippen LogP contribution in [0.3, 0.4) is 0 Å². The van der Waals surface area contributed by atoms with E-state index >= 15 is 0 Å². The lowest BCUT2D eigenvalue weighted by Gasteiger charge is -2.04. The van der Waals surface area contributed by atoms with E-state index in [9.17, 15) is 4.79 Å². The number of carbonyl (C=O) groups is 1. The van der Waals surface area contributed by atoms with E-state index in [1.165, 1.54) is 22.7 Å². The lowest BCUT2D eigenvalue weighted by molar-refractivity contribution is 0.103. The Hall–Kier alpha value is -2.77. The molecule has 2 heterocycles. The number of hydrogen-bond donors (Lipinski definition) is 1. The summed E-state index contributed by atoms with van der Waals surface area (Å²) in [5.74, 6) is 1.34. The van der Waals surface area contributed by atoms with E-state index in [0.29, 0.717) is 10.0 Å². The van der Waals surface area contributed by atoms with Crippen molar-refractivity contribution in [1.82, 2.24) is 9.97 Å². The summed E-state index contributed by atoms with van der Waals surface area (Å²) in [7, 11) is 0. The molecule has 26 heavy (non-hydrogen) atoms. The first-order valence-corrected chi connectivity index (χ1v) is 9.61. The predicted octanol–water partition coefficient (Wildman–Crippen LogP) is 5.41. The normalized spacial score (nSPS) is 10.8. The molecule has 1 amide bonds. The molecular formula is C19H15N3O2S2. The van der Waals surface area contributed by atoms with Gasteiger partial charge in [0.05, 0.1) is 20.9 Å². The van der Waals surface area contributed by atoms with Crippen LogP contribution in [0.1, 0.15) is 20.4 Å². The number of anilines is 1. The summed E-state index contributed by atoms with van der Waals surface area (Å²) in [4.78, 5) is 21.8. The quantitative estimate of drug-likeness (QED) is 0.513. The Morgan fingerprint density at radius 2 is 1.81 bits per heavy atom. The van der Waals surface area contributed by atoms with E-state index < -0.39 is 0 Å². The second kappa shape index (κ2) is 6.86. The summed E-state index contributed by atoms with van der Waals surface area (Å²) < 4.78 is 6.80. The van der Waals surface area contributed by atoms with E-state index in [2.05, 4.69) is 15.3 Å². The van der Waals surface area contributed by atoms with E-state index in [0.717, 1.165) is 32.4 Å². The van der Waals surface area contributed by atoms with Gasteiger partial charge in [-0.3, -0.25) is 10.1 Å². The SMILES string of the molecule is Cc1nc(C)c(C(=O)Nc2nc3ccc(Oc4ccccc4)cc3s2)s1. The van der Waals surface area contributed by atoms with Crippen molar-refractivity contribution < 1.29 is 9.53 Å². The fourth-order valence-corrected chi connectivity index (χ4v) is 4.25. The number of fused-ring (bicyclic) bond motifs is 1. The Morgan fingerprint density at radius 3 is 2.54 bits per heavy atom. The number of nitrogens with zero attached hydrogens (tertiary/aromatic N) is 2. The van der Waals surface area contributed by atoms with Gasteiger partial charge in [-0.2, -0.15) is 0 Å². The molecule has 2 aromatic carbocycles. The van der Waals surface area contributed by atoms with Gasteiger partial charge in [0.2, 0.25) is 0 Å². The zero-order chi connectivity index (χ0) is 18.1. The number of hydrogen-bond acceptors (Lipinski definition) is 6. The fourth-order valence-electron chi connectivity index (χ4n) is 2.54. The Labute approximate surface area is 158 Å². The molecule has 5 nitrogen and oxygen atoms in total. The molecular weight excluding hydrogens is 366 g/mol. The average Bonchev–Trinajstić information content (AvgIpc) is 3.17. The zero-order valence-electron chi connectivity index (χ0n) is 14.1. The highest BCUT2D eigenvalue weighted by Gasteiger charge is 2.16. The molecule has 0 atom stereocenters. The molecule has 7 heteroatoms. The van der Waals surface area contributed by atoms with E-state index in [1.807, 2.05) is 62.4 Å². The number of rotatable bonds is 4. The molecule has 0 saturated heterocycles. The summed E-state index contributed by atoms with van der Waals surface area (Å²) in [6.45, 7) is 3.73. The van der Waals surface area contributed by atoms with Crippen LogP contribution in [0.4, 0.5) is 5.13 Å². The molecule has 0 spiro atoms. The molecule has 0 radical (unpaired) electrons. The maximum atomic E-state index is 12.4. The lowest BCUT2D eigenvalue weighted by Crippen LogP contribution is -2.11. The Morgan fingerprint density at radius 1 is 1.00 bits per heavy atom. The van der Waals surface area contributed by atoms with Crippen molar-refractivity contribution in [1.29, 1.82) is 0 Å². The first-order chi connectivity index (χ1) is 12.6. The third-order valence-electron chi connectivity index (χ3n) is 3.67. The third-order valence-corrected chi connectivity index (χ3v) is 5.67. The van der Waals surface area contributed by atoms with E-state index in [4.69, 9.17) is 4.74 Å². The second-order valence-corrected chi connectivity index (χ2v) is 7.90. The Bertz CT molecular complexity index is 1090. The van der Waals surface area contributed by atoms with Gasteiger partial charge in [0.15, 0.2) is 5.13 Å². The maximum Gasteiger partial charge on any atom is 0.269 e. The molecule has 0 aliphatic heterocycles. The maximum absolute atomic E-state index is 12.4. The van der Waals surface area contributed by atoms with Crippen LogP contribution in [-0.4, -0.2) is 15.9 Å². The van der Waals surface area contributed by atoms with Gasteiger partial charge in [-0.15, -0.1) is 11.3 Å². The van der Waals surface area contributed by atoms with Gasteiger partial charge in [0, 0.05) is 6.07 Å². The highest BCUT2D eigenvalue weighted by molar-refractivity contribution is 7.22. The number of benzene rings is 2. The number of nitrogens with one attached hydrogen (secondary N) is 1. The van der Waals surface area contributed by atoms with E-state index in [-0.39, 0.29) is 5.91 Å². The van der Waals surface area contributed by atoms with Crippen LogP contribution in [0.25, 0.3) is 10.2 Å². The molecule has 0 unspecified atom stereocenters. The minimum atomic E-state index is -0.173. The fraction of sp³-hybridized carbons (Fsp3) is 0.105. The number of thiazole rings is 2. The minimum absolute atomic E-state index is 0.173. The van der Waals surface area contributed by atoms with Crippen LogP contribution >= 0.6 is 22.7 Å². The second-order valence-electron chi connectivity index (χ2n) is 5.67. The van der Waals surface area contributed by atoms with Crippen molar-refractivity contribution in [2.45, 2.75) is 13.8 Å². The molecule has 4 aromatic rings. The van der Waals surface area contributed by atoms with Crippen molar-refractivity contribution >= 4 is 43.9 Å². The van der Waals surface area contributed by atoms with Crippen molar-refractivity contribution in [3.05, 3.63) is 64.1 Å². The summed E-state index contributed by atoms with van der Waals surface area (Å²) in [5.41, 5.74) is 1.56. The van der Waals surface area contributed by atoms with Crippen LogP contribution in [0.2, 0.25) is 0 Å². The Balaban J connectivity index is 1.56. The van der Waals surface area contributed by atoms with Crippen molar-refractivity contribution in [2.24, 2.45) is 0 Å². The number of aryl methyl sites for hydroxylation is 2. The smallest absolute Gasteiger partial charge is 0.269 e. The first kappa shape index (κ1) is 16.7. The third kappa shape index (κ3) is 3.44. The van der Waals surface area contributed by atoms with Crippen LogP contribution in [-0.2, 0) is 0 Å². The summed E-state index contributed by atoms with van der Waals surface area (Å²) in [6, 6.07) is 15.3. The van der Waals surface area contributed by atoms with Gasteiger partial charge in [0.1, 0.15) is 16.4 Å². The molecule has 0 aliphatic rings. The topological polar surface area (TPSA) is 64.1 Å². The predicted molar refractivity (Wildman–Crippen MR) is 106 cm³/mol. The average molecular weight is 381 g/mol. The molecule has 2 aromatic heterocycles. The standard InChI is InChI=1S/C19H15N3O2S2/c1-11-17(25-12(2)20-11)18(23)22-19-21-15-9-8-14(10-16(15)26-19)24-13-6-4-3-5-7-13/h3-10H,1-2H3,(H,21,22,23). The Kier molecular flexibility index (Phi) is 4.40. The van der Waals surface area contributed by atoms with Crippen LogP contribution in [0.5, 0.6) is 11.5 Å². The number of aromatic nitrogens is 2. The minimum Gasteiger partial charge on any atom is -0.457 e. The number of ether oxygens (including phenoxy) is 1. The number of amides is 1. The van der Waals surface area contributed by atoms with Crippen molar-refractivity contribution in [2.75, 3.05) is 5.32 Å². The lowest BCUT2D eigenvalue weighted by atomic mass is 10.3. The van der Waals surface area contributed by atoms with Crippen LogP contribution in [0, 0.1) is 13.8 Å². The van der Waals surface area contributed by atoms with Gasteiger partial charge in [0.25, 0.3) is 5.91 Å². The summed E-state index contributed by atoms with van der Waals surface area (Å²) in [6.07, 6.45) is 0. The van der Waals surface area contributed by atoms with Gasteiger partial charge in [-0.1, -0.05) is 29.5 Å². The van der Waals surface area contributed by atoms with Crippen LogP contribution in [0.15, 0.2) is 48.5 Å². The molecule has 0 bridgehead atoms. The molecule has 1 N–H and O–H groups in total. The largest absolute Gasteiger partial charge is 0.457 e. The molecule has 130 valence electrons. The van der Waals surface area contributed by atoms with Crippen molar-refractivity contribution in [3.8, 4) is 11.5 Å². The van der Waals surface area contributed by atoms with Crippen LogP contribution < -0.4 is 10.1 Å². The van der Waals surface area contributed by atoms with Gasteiger partial charge in [-0.05, 0) is 38.1 Å². The van der Waals surface area contributed by atoms with Gasteiger partial charge < -0.3 is 4.74 Å². The van der Waals surface area contributed by atoms with E-state index in [1.54, 1.807) is 0 Å². The number of carbonyl (C=O) groups excluding carboxylic acids is 1. The van der Waals surface area contributed by atoms with Gasteiger partial charge >= 0.3 is 0 Å². The molecule has 4 rings (SSSR count). The summed E-state index contributed by atoms with van der Waals surface area (Å²) >= 11 is 2.80. The zero-order valence-corrected chi connectivity index (χ0v) is 15.8. The molecule has 0 saturated carbocycles. The monoisotopic (exact) mass is 381 g/mol. The highest BCUT2D eigenvalue weighted by Crippen LogP contribution is 2.31. The van der Waals surface area contributed by atoms with Gasteiger partial charge in [-0.25, -0.2) is 9.97 Å². The molecule has 0 fully saturated rings. The van der Waals surface area contributed by atoms with Crippen molar-refractivity contribution in [3.63, 3.8) is 0 Å². The molecule has 0 aliphatic carbocycles.